The van der Waals surface area contributed by atoms with Crippen molar-refractivity contribution < 1.29 is 38.1 Å². The number of rotatable bonds is 2. The molecular formula is C22H24O8. The molecule has 6 aliphatic carbocycles. The minimum atomic E-state index is -1.07. The van der Waals surface area contributed by atoms with Crippen LogP contribution in [0.1, 0.15) is 38.5 Å². The largest absolute Gasteiger partial charge is 0.469 e. The van der Waals surface area contributed by atoms with Crippen molar-refractivity contribution in [2.24, 2.45) is 46.3 Å². The molecule has 0 aromatic rings. The predicted molar refractivity (Wildman–Crippen MR) is 95.2 cm³/mol. The molecule has 30 heavy (non-hydrogen) atoms. The maximum absolute atomic E-state index is 13.6. The first-order chi connectivity index (χ1) is 14.3. The Kier molecular flexibility index (Phi) is 2.75. The fraction of sp³-hybridized carbons (Fsp3) is 0.818. The topological polar surface area (TPSA) is 105 Å². The van der Waals surface area contributed by atoms with Gasteiger partial charge in [-0.1, -0.05) is 0 Å². The van der Waals surface area contributed by atoms with E-state index >= 15 is 0 Å². The number of hydrogen-bond acceptors (Lipinski definition) is 8. The average Bonchev–Trinajstić information content (AvgIpc) is 3.55. The second kappa shape index (κ2) is 4.70. The van der Waals surface area contributed by atoms with Gasteiger partial charge in [0.15, 0.2) is 0 Å². The Morgan fingerprint density at radius 2 is 1.20 bits per heavy atom. The zero-order valence-electron chi connectivity index (χ0n) is 17.0. The number of carbonyl (C=O) groups is 4. The summed E-state index contributed by atoms with van der Waals surface area (Å²) in [7, 11) is 2.73. The second-order valence-corrected chi connectivity index (χ2v) is 10.5. The molecule has 2 heterocycles. The van der Waals surface area contributed by atoms with Crippen molar-refractivity contribution in [1.82, 2.24) is 0 Å². The van der Waals surface area contributed by atoms with Crippen molar-refractivity contribution in [1.29, 1.82) is 0 Å². The van der Waals surface area contributed by atoms with Crippen molar-refractivity contribution in [2.45, 2.75) is 49.7 Å². The molecule has 8 bridgehead atoms. The van der Waals surface area contributed by atoms with Crippen LogP contribution >= 0.6 is 0 Å². The lowest BCUT2D eigenvalue weighted by Gasteiger charge is -2.58. The first kappa shape index (κ1) is 17.5. The van der Waals surface area contributed by atoms with Crippen molar-refractivity contribution in [3.05, 3.63) is 0 Å². The van der Waals surface area contributed by atoms with Crippen LogP contribution in [0.4, 0.5) is 0 Å². The highest BCUT2D eigenvalue weighted by atomic mass is 16.6. The van der Waals surface area contributed by atoms with Crippen LogP contribution in [0.2, 0.25) is 0 Å². The van der Waals surface area contributed by atoms with Crippen molar-refractivity contribution in [3.8, 4) is 0 Å². The summed E-state index contributed by atoms with van der Waals surface area (Å²) in [4.78, 5) is 51.6. The molecule has 8 fully saturated rings. The van der Waals surface area contributed by atoms with Crippen molar-refractivity contribution >= 4 is 23.9 Å². The molecule has 8 heteroatoms. The maximum atomic E-state index is 13.6. The molecule has 0 aromatic carbocycles. The van der Waals surface area contributed by atoms with E-state index in [1.54, 1.807) is 0 Å². The molecule has 0 aromatic heterocycles. The maximum Gasteiger partial charge on any atom is 0.313 e. The lowest BCUT2D eigenvalue weighted by atomic mass is 9.44. The fourth-order valence-electron chi connectivity index (χ4n) is 10.6. The molecule has 0 N–H and O–H groups in total. The molecule has 2 spiro atoms. The minimum Gasteiger partial charge on any atom is -0.469 e. The van der Waals surface area contributed by atoms with Gasteiger partial charge in [0.25, 0.3) is 0 Å². The zero-order valence-corrected chi connectivity index (χ0v) is 17.0. The zero-order chi connectivity index (χ0) is 20.8. The summed E-state index contributed by atoms with van der Waals surface area (Å²) >= 11 is 0. The van der Waals surface area contributed by atoms with Crippen LogP contribution in [-0.4, -0.2) is 49.3 Å². The molecule has 0 unspecified atom stereocenters. The fourth-order valence-corrected chi connectivity index (χ4v) is 10.6. The highest BCUT2D eigenvalue weighted by molar-refractivity contribution is 5.95. The van der Waals surface area contributed by atoms with E-state index < -0.39 is 22.0 Å². The quantitative estimate of drug-likeness (QED) is 0.485. The minimum absolute atomic E-state index is 0.0859. The molecule has 8 nitrogen and oxygen atoms in total. The molecule has 8 aliphatic rings. The van der Waals surface area contributed by atoms with Gasteiger partial charge in [-0.15, -0.1) is 0 Å². The van der Waals surface area contributed by atoms with E-state index in [2.05, 4.69) is 0 Å². The van der Waals surface area contributed by atoms with Crippen LogP contribution in [0.5, 0.6) is 0 Å². The summed E-state index contributed by atoms with van der Waals surface area (Å²) in [6, 6.07) is 0. The highest BCUT2D eigenvalue weighted by Gasteiger charge is 3.02. The molecule has 0 radical (unpaired) electrons. The van der Waals surface area contributed by atoms with Gasteiger partial charge in [0.1, 0.15) is 11.2 Å². The first-order valence-electron chi connectivity index (χ1n) is 10.9. The van der Waals surface area contributed by atoms with E-state index in [1.165, 1.54) is 14.2 Å². The Morgan fingerprint density at radius 3 is 1.50 bits per heavy atom. The number of methoxy groups -OCH3 is 2. The van der Waals surface area contributed by atoms with Crippen LogP contribution in [0.3, 0.4) is 0 Å². The Bertz CT molecular complexity index is 883. The lowest BCUT2D eigenvalue weighted by Crippen LogP contribution is -2.69. The Morgan fingerprint density at radius 1 is 0.800 bits per heavy atom. The van der Waals surface area contributed by atoms with E-state index in [0.29, 0.717) is 38.5 Å². The van der Waals surface area contributed by atoms with Gasteiger partial charge >= 0.3 is 23.9 Å². The molecular weight excluding hydrogens is 392 g/mol. The molecule has 10 atom stereocenters. The monoisotopic (exact) mass is 416 g/mol. The van der Waals surface area contributed by atoms with Crippen LogP contribution in [0.25, 0.3) is 0 Å². The van der Waals surface area contributed by atoms with E-state index in [9.17, 15) is 19.2 Å². The third-order valence-electron chi connectivity index (χ3n) is 10.4. The van der Waals surface area contributed by atoms with E-state index in [0.717, 1.165) is 0 Å². The van der Waals surface area contributed by atoms with Gasteiger partial charge in [-0.05, 0) is 49.4 Å². The van der Waals surface area contributed by atoms with Gasteiger partial charge in [0, 0.05) is 24.7 Å². The van der Waals surface area contributed by atoms with Gasteiger partial charge in [-0.3, -0.25) is 19.2 Å². The molecule has 2 aliphatic heterocycles. The van der Waals surface area contributed by atoms with Gasteiger partial charge in [0.2, 0.25) is 0 Å². The third-order valence-corrected chi connectivity index (χ3v) is 10.4. The number of hydrogen-bond donors (Lipinski definition) is 0. The smallest absolute Gasteiger partial charge is 0.313 e. The van der Waals surface area contributed by atoms with Crippen LogP contribution in [0, 0.1) is 46.3 Å². The molecule has 160 valence electrons. The predicted octanol–water partition coefficient (Wildman–Crippen LogP) is 1.00. The highest BCUT2D eigenvalue weighted by Crippen LogP contribution is 2.96. The van der Waals surface area contributed by atoms with Crippen molar-refractivity contribution in [2.75, 3.05) is 14.2 Å². The van der Waals surface area contributed by atoms with Gasteiger partial charge < -0.3 is 18.9 Å². The van der Waals surface area contributed by atoms with Crippen LogP contribution < -0.4 is 0 Å². The Labute approximate surface area is 172 Å². The molecule has 8 rings (SSSR count). The summed E-state index contributed by atoms with van der Waals surface area (Å²) in [5.41, 5.74) is -3.51. The molecule has 2 saturated heterocycles. The average molecular weight is 416 g/mol. The Hall–Kier alpha value is -2.12. The van der Waals surface area contributed by atoms with E-state index in [-0.39, 0.29) is 59.4 Å². The number of esters is 4. The summed E-state index contributed by atoms with van der Waals surface area (Å²) in [5.74, 6) is -1.76. The summed E-state index contributed by atoms with van der Waals surface area (Å²) in [5, 5.41) is 0. The summed E-state index contributed by atoms with van der Waals surface area (Å²) in [6.07, 6.45) is 3.02. The summed E-state index contributed by atoms with van der Waals surface area (Å²) in [6.45, 7) is 0. The van der Waals surface area contributed by atoms with E-state index in [4.69, 9.17) is 18.9 Å². The first-order valence-corrected chi connectivity index (χ1v) is 10.9. The van der Waals surface area contributed by atoms with Gasteiger partial charge in [-0.2, -0.15) is 0 Å². The second-order valence-electron chi connectivity index (χ2n) is 10.5. The summed E-state index contributed by atoms with van der Waals surface area (Å²) < 4.78 is 22.6. The normalized spacial score (nSPS) is 57.7. The van der Waals surface area contributed by atoms with E-state index in [1.807, 2.05) is 0 Å². The lowest BCUT2D eigenvalue weighted by molar-refractivity contribution is -0.231. The van der Waals surface area contributed by atoms with Gasteiger partial charge in [-0.25, -0.2) is 0 Å². The third kappa shape index (κ3) is 1.30. The van der Waals surface area contributed by atoms with Crippen molar-refractivity contribution in [3.63, 3.8) is 0 Å². The van der Waals surface area contributed by atoms with Crippen LogP contribution in [0.15, 0.2) is 0 Å². The molecule has 0 amide bonds. The molecule has 6 saturated carbocycles. The van der Waals surface area contributed by atoms with Gasteiger partial charge in [0.05, 0.1) is 25.0 Å². The Balaban J connectivity index is 1.48. The number of ether oxygens (including phenoxy) is 4. The standard InChI is InChI=1S/C22H24O8/c1-27-17(25)21-9-7-20(6-4-12(24)30-20)16-13(9)14-10(22(16,21)18(26)28-2)8-19(15(14)21)5-3-11(23)29-19/h9-10,13-16H,3-8H2,1-2H3/t9-,10+,13+,14-,15-,16+,19-,20+,21-,22-/m1/s1. The van der Waals surface area contributed by atoms with Crippen LogP contribution in [-0.2, 0) is 38.1 Å². The SMILES string of the molecule is COC(=O)[C@@]12[C@@H]3C[C@@]4(CCC(=O)O4)[C@@H]4[C@@H]3[C@@H]3[C@@H]1[C@@]1(CCC(=O)O1)C[C@@H]3[C@]42C(=O)OC. The number of carbonyl (C=O) groups excluding carboxylic acids is 4.